The molecule has 0 saturated carbocycles. The van der Waals surface area contributed by atoms with Gasteiger partial charge >= 0.3 is 0 Å². The minimum Gasteiger partial charge on any atom is -0.414 e. The van der Waals surface area contributed by atoms with Crippen LogP contribution in [0.4, 0.5) is 5.82 Å². The van der Waals surface area contributed by atoms with E-state index in [1.807, 2.05) is 61.5 Å². The highest BCUT2D eigenvalue weighted by Gasteiger charge is 2.16. The van der Waals surface area contributed by atoms with Crippen molar-refractivity contribution in [2.45, 2.75) is 6.92 Å². The molecule has 122 valence electrons. The lowest BCUT2D eigenvalue weighted by Gasteiger charge is -2.05. The van der Waals surface area contributed by atoms with E-state index in [4.69, 9.17) is 10.2 Å². The van der Waals surface area contributed by atoms with Gasteiger partial charge in [-0.25, -0.2) is 9.97 Å². The van der Waals surface area contributed by atoms with Crippen LogP contribution < -0.4 is 5.73 Å². The van der Waals surface area contributed by atoms with Gasteiger partial charge in [0.1, 0.15) is 0 Å². The van der Waals surface area contributed by atoms with E-state index in [0.717, 1.165) is 16.7 Å². The summed E-state index contributed by atoms with van der Waals surface area (Å²) in [6, 6.07) is 17.5. The van der Waals surface area contributed by atoms with Crippen molar-refractivity contribution in [3.63, 3.8) is 0 Å². The molecule has 0 aliphatic rings. The van der Waals surface area contributed by atoms with Gasteiger partial charge in [-0.05, 0) is 25.1 Å². The molecule has 0 fully saturated rings. The number of aromatic nitrogens is 4. The predicted octanol–water partition coefficient (Wildman–Crippen LogP) is 3.75. The normalized spacial score (nSPS) is 10.8. The van der Waals surface area contributed by atoms with E-state index >= 15 is 0 Å². The van der Waals surface area contributed by atoms with Gasteiger partial charge in [0.2, 0.25) is 5.89 Å². The molecule has 0 bridgehead atoms. The molecular weight excluding hydrogens is 314 g/mol. The number of hydrogen-bond acceptors (Lipinski definition) is 6. The molecule has 0 spiro atoms. The molecular formula is C19H15N5O. The van der Waals surface area contributed by atoms with Gasteiger partial charge in [0, 0.05) is 11.1 Å². The number of rotatable bonds is 3. The quantitative estimate of drug-likeness (QED) is 0.615. The first-order valence-electron chi connectivity index (χ1n) is 7.79. The highest BCUT2D eigenvalue weighted by Crippen LogP contribution is 2.27. The largest absolute Gasteiger partial charge is 0.414 e. The summed E-state index contributed by atoms with van der Waals surface area (Å²) in [4.78, 5) is 8.81. The van der Waals surface area contributed by atoms with Gasteiger partial charge in [0.25, 0.3) is 5.89 Å². The molecule has 2 N–H and O–H groups in total. The van der Waals surface area contributed by atoms with Gasteiger partial charge in [-0.3, -0.25) is 0 Å². The molecule has 0 saturated heterocycles. The molecule has 0 unspecified atom stereocenters. The fraction of sp³-hybridized carbons (Fsp3) is 0.0526. The van der Waals surface area contributed by atoms with Crippen LogP contribution in [0.5, 0.6) is 0 Å². The zero-order valence-electron chi connectivity index (χ0n) is 13.5. The monoisotopic (exact) mass is 329 g/mol. The molecule has 6 nitrogen and oxygen atoms in total. The second-order valence-electron chi connectivity index (χ2n) is 5.64. The van der Waals surface area contributed by atoms with Crippen molar-refractivity contribution < 1.29 is 4.42 Å². The molecule has 6 heteroatoms. The van der Waals surface area contributed by atoms with E-state index in [1.54, 1.807) is 6.20 Å². The van der Waals surface area contributed by atoms with Crippen molar-refractivity contribution >= 4 is 5.82 Å². The first-order valence-corrected chi connectivity index (χ1v) is 7.79. The summed E-state index contributed by atoms with van der Waals surface area (Å²) in [6.07, 6.45) is 1.64. The topological polar surface area (TPSA) is 90.7 Å². The fourth-order valence-electron chi connectivity index (χ4n) is 2.52. The molecule has 0 aliphatic heterocycles. The number of nitrogen functional groups attached to an aromatic ring is 1. The summed E-state index contributed by atoms with van der Waals surface area (Å²) >= 11 is 0. The Morgan fingerprint density at radius 2 is 1.64 bits per heavy atom. The van der Waals surface area contributed by atoms with Crippen LogP contribution in [0.15, 0.2) is 65.2 Å². The highest BCUT2D eigenvalue weighted by molar-refractivity contribution is 5.69. The molecule has 25 heavy (non-hydrogen) atoms. The number of hydrogen-bond donors (Lipinski definition) is 1. The Hall–Kier alpha value is -3.54. The van der Waals surface area contributed by atoms with Crippen LogP contribution in [0.3, 0.4) is 0 Å². The van der Waals surface area contributed by atoms with E-state index in [2.05, 4.69) is 20.2 Å². The molecule has 4 rings (SSSR count). The minimum absolute atomic E-state index is 0.248. The maximum Gasteiger partial charge on any atom is 0.270 e. The summed E-state index contributed by atoms with van der Waals surface area (Å²) in [5, 5.41) is 8.16. The van der Waals surface area contributed by atoms with Crippen molar-refractivity contribution in [1.82, 2.24) is 20.2 Å². The van der Waals surface area contributed by atoms with Gasteiger partial charge in [-0.1, -0.05) is 42.0 Å². The lowest BCUT2D eigenvalue weighted by Crippen LogP contribution is -1.99. The molecule has 0 radical (unpaired) electrons. The number of benzene rings is 2. The lowest BCUT2D eigenvalue weighted by atomic mass is 10.1. The van der Waals surface area contributed by atoms with Crippen LogP contribution in [0.1, 0.15) is 5.56 Å². The molecule has 4 aromatic rings. The molecule has 2 aromatic heterocycles. The van der Waals surface area contributed by atoms with Crippen molar-refractivity contribution in [2.75, 3.05) is 5.73 Å². The average Bonchev–Trinajstić information content (AvgIpc) is 3.13. The van der Waals surface area contributed by atoms with E-state index < -0.39 is 0 Å². The SMILES string of the molecule is Cc1cccc(-c2cnc(N)c(-c3nnc(-c4ccccc4)o3)n2)c1. The van der Waals surface area contributed by atoms with Crippen LogP contribution in [0.25, 0.3) is 34.3 Å². The third-order valence-electron chi connectivity index (χ3n) is 3.76. The van der Waals surface area contributed by atoms with Crippen LogP contribution in [-0.2, 0) is 0 Å². The van der Waals surface area contributed by atoms with Gasteiger partial charge in [-0.2, -0.15) is 0 Å². The smallest absolute Gasteiger partial charge is 0.270 e. The van der Waals surface area contributed by atoms with E-state index in [0.29, 0.717) is 17.3 Å². The van der Waals surface area contributed by atoms with Gasteiger partial charge < -0.3 is 10.2 Å². The minimum atomic E-state index is 0.248. The zero-order valence-corrected chi connectivity index (χ0v) is 13.5. The summed E-state index contributed by atoms with van der Waals surface area (Å²) in [6.45, 7) is 2.03. The average molecular weight is 329 g/mol. The third kappa shape index (κ3) is 2.97. The Labute approximate surface area is 144 Å². The number of nitrogens with two attached hydrogens (primary N) is 1. The van der Waals surface area contributed by atoms with Gasteiger partial charge in [-0.15, -0.1) is 10.2 Å². The van der Waals surface area contributed by atoms with Gasteiger partial charge in [0.15, 0.2) is 11.5 Å². The fourth-order valence-corrected chi connectivity index (χ4v) is 2.52. The lowest BCUT2D eigenvalue weighted by molar-refractivity contribution is 0.582. The molecule has 2 aromatic carbocycles. The standard InChI is InChI=1S/C19H15N5O/c1-12-6-5-9-14(10-12)15-11-21-17(20)16(22-15)19-24-23-18(25-19)13-7-3-2-4-8-13/h2-11H,1H3,(H2,20,21). The zero-order chi connectivity index (χ0) is 17.2. The van der Waals surface area contributed by atoms with Crippen molar-refractivity contribution in [3.8, 4) is 34.3 Å². The van der Waals surface area contributed by atoms with E-state index in [-0.39, 0.29) is 11.7 Å². The summed E-state index contributed by atoms with van der Waals surface area (Å²) < 4.78 is 5.75. The maximum atomic E-state index is 5.98. The number of anilines is 1. The Balaban J connectivity index is 1.76. The van der Waals surface area contributed by atoms with Gasteiger partial charge in [0.05, 0.1) is 11.9 Å². The van der Waals surface area contributed by atoms with Crippen LogP contribution >= 0.6 is 0 Å². The van der Waals surface area contributed by atoms with E-state index in [9.17, 15) is 0 Å². The first kappa shape index (κ1) is 15.0. The van der Waals surface area contributed by atoms with Crippen LogP contribution in [0.2, 0.25) is 0 Å². The van der Waals surface area contributed by atoms with Crippen molar-refractivity contribution in [2.24, 2.45) is 0 Å². The Morgan fingerprint density at radius 1 is 0.880 bits per heavy atom. The second kappa shape index (κ2) is 6.16. The van der Waals surface area contributed by atoms with Crippen LogP contribution in [0, 0.1) is 6.92 Å². The summed E-state index contributed by atoms with van der Waals surface area (Å²) in [5.74, 6) is 0.913. The molecule has 0 amide bonds. The second-order valence-corrected chi connectivity index (χ2v) is 5.64. The Morgan fingerprint density at radius 3 is 2.44 bits per heavy atom. The maximum absolute atomic E-state index is 5.98. The summed E-state index contributed by atoms with van der Waals surface area (Å²) in [7, 11) is 0. The first-order chi connectivity index (χ1) is 12.2. The molecule has 0 aliphatic carbocycles. The summed E-state index contributed by atoms with van der Waals surface area (Å²) in [5.41, 5.74) is 9.99. The van der Waals surface area contributed by atoms with Crippen molar-refractivity contribution in [3.05, 3.63) is 66.4 Å². The highest BCUT2D eigenvalue weighted by atomic mass is 16.4. The van der Waals surface area contributed by atoms with Crippen molar-refractivity contribution in [1.29, 1.82) is 0 Å². The Bertz CT molecular complexity index is 1030. The Kier molecular flexibility index (Phi) is 3.70. The number of nitrogens with zero attached hydrogens (tertiary/aromatic N) is 4. The third-order valence-corrected chi connectivity index (χ3v) is 3.76. The molecule has 0 atom stereocenters. The van der Waals surface area contributed by atoms with Crippen LogP contribution in [-0.4, -0.2) is 20.2 Å². The number of aryl methyl sites for hydroxylation is 1. The molecule has 2 heterocycles. The predicted molar refractivity (Wildman–Crippen MR) is 95.3 cm³/mol. The van der Waals surface area contributed by atoms with E-state index in [1.165, 1.54) is 0 Å².